The Balaban J connectivity index is 2.10. The molecular formula is C17H22N2O2. The molecule has 2 atom stereocenters. The molecule has 0 spiro atoms. The molecule has 1 fully saturated rings. The number of aryl methyl sites for hydroxylation is 1. The number of amides is 1. The van der Waals surface area contributed by atoms with Crippen LogP contribution in [0.3, 0.4) is 0 Å². The van der Waals surface area contributed by atoms with Crippen LogP contribution in [0.5, 0.6) is 0 Å². The number of hydrogen-bond donors (Lipinski definition) is 2. The third kappa shape index (κ3) is 4.07. The lowest BCUT2D eigenvalue weighted by atomic mass is 10.0. The normalized spacial score (nSPS) is 20.7. The van der Waals surface area contributed by atoms with Crippen LogP contribution in [0.15, 0.2) is 18.2 Å². The maximum Gasteiger partial charge on any atom is 0.229 e. The average molecular weight is 286 g/mol. The van der Waals surface area contributed by atoms with Gasteiger partial charge in [-0.1, -0.05) is 18.8 Å². The first kappa shape index (κ1) is 15.6. The van der Waals surface area contributed by atoms with Gasteiger partial charge >= 0.3 is 0 Å². The summed E-state index contributed by atoms with van der Waals surface area (Å²) in [6.45, 7) is 4.91. The minimum absolute atomic E-state index is 0.0369. The number of rotatable bonds is 3. The Kier molecular flexibility index (Phi) is 5.38. The Labute approximate surface area is 126 Å². The van der Waals surface area contributed by atoms with E-state index in [-0.39, 0.29) is 17.9 Å². The van der Waals surface area contributed by atoms with Crippen LogP contribution in [0, 0.1) is 17.8 Å². The standard InChI is InChI=1S/C17H22N2O2/c1-3-14-10-13(5-4-8-18)6-7-16(14)19-17(20)15-9-12(2)21-11-15/h6-7,10,12,15H,3,8-9,11,18H2,1-2H3,(H,19,20). The van der Waals surface area contributed by atoms with E-state index < -0.39 is 0 Å². The maximum absolute atomic E-state index is 12.2. The molecule has 0 saturated carbocycles. The van der Waals surface area contributed by atoms with Gasteiger partial charge in [-0.2, -0.15) is 0 Å². The number of carbonyl (C=O) groups is 1. The first-order chi connectivity index (χ1) is 10.1. The van der Waals surface area contributed by atoms with E-state index in [1.54, 1.807) is 0 Å². The second kappa shape index (κ2) is 7.26. The quantitative estimate of drug-likeness (QED) is 0.834. The minimum Gasteiger partial charge on any atom is -0.378 e. The van der Waals surface area contributed by atoms with Crippen molar-refractivity contribution in [2.24, 2.45) is 11.7 Å². The lowest BCUT2D eigenvalue weighted by Gasteiger charge is -2.13. The third-order valence-electron chi connectivity index (χ3n) is 3.65. The zero-order chi connectivity index (χ0) is 15.2. The Hall–Kier alpha value is -1.83. The molecular weight excluding hydrogens is 264 g/mol. The van der Waals surface area contributed by atoms with Gasteiger partial charge in [0.05, 0.1) is 25.2 Å². The summed E-state index contributed by atoms with van der Waals surface area (Å²) in [5.41, 5.74) is 8.25. The SMILES string of the molecule is CCc1cc(C#CCN)ccc1NC(=O)C1COC(C)C1. The second-order valence-electron chi connectivity index (χ2n) is 5.30. The van der Waals surface area contributed by atoms with Gasteiger partial charge in [0.15, 0.2) is 0 Å². The van der Waals surface area contributed by atoms with Crippen LogP contribution in [-0.4, -0.2) is 25.2 Å². The maximum atomic E-state index is 12.2. The second-order valence-corrected chi connectivity index (χ2v) is 5.30. The number of nitrogens with two attached hydrogens (primary N) is 1. The highest BCUT2D eigenvalue weighted by molar-refractivity contribution is 5.93. The molecule has 1 aliphatic heterocycles. The molecule has 1 saturated heterocycles. The Bertz CT molecular complexity index is 572. The van der Waals surface area contributed by atoms with E-state index in [2.05, 4.69) is 24.1 Å². The van der Waals surface area contributed by atoms with Gasteiger partial charge in [-0.3, -0.25) is 4.79 Å². The van der Waals surface area contributed by atoms with Crippen LogP contribution in [0.25, 0.3) is 0 Å². The van der Waals surface area contributed by atoms with Crippen molar-refractivity contribution in [3.63, 3.8) is 0 Å². The number of benzene rings is 1. The molecule has 1 aromatic rings. The summed E-state index contributed by atoms with van der Waals surface area (Å²) in [4.78, 5) is 12.2. The van der Waals surface area contributed by atoms with Crippen molar-refractivity contribution < 1.29 is 9.53 Å². The predicted octanol–water partition coefficient (Wildman–Crippen LogP) is 1.92. The molecule has 0 bridgehead atoms. The lowest BCUT2D eigenvalue weighted by molar-refractivity contribution is -0.119. The van der Waals surface area contributed by atoms with Crippen molar-refractivity contribution in [3.05, 3.63) is 29.3 Å². The van der Waals surface area contributed by atoms with E-state index in [1.807, 2.05) is 25.1 Å². The fraction of sp³-hybridized carbons (Fsp3) is 0.471. The molecule has 4 heteroatoms. The number of ether oxygens (including phenoxy) is 1. The molecule has 3 N–H and O–H groups in total. The Morgan fingerprint density at radius 3 is 2.95 bits per heavy atom. The van der Waals surface area contributed by atoms with Crippen LogP contribution in [0.2, 0.25) is 0 Å². The molecule has 4 nitrogen and oxygen atoms in total. The monoisotopic (exact) mass is 286 g/mol. The van der Waals surface area contributed by atoms with Crippen LogP contribution in [0.4, 0.5) is 5.69 Å². The minimum atomic E-state index is -0.0542. The van der Waals surface area contributed by atoms with Crippen LogP contribution in [-0.2, 0) is 16.0 Å². The highest BCUT2D eigenvalue weighted by Gasteiger charge is 2.28. The van der Waals surface area contributed by atoms with Gasteiger partial charge in [-0.15, -0.1) is 0 Å². The van der Waals surface area contributed by atoms with Crippen LogP contribution < -0.4 is 11.1 Å². The average Bonchev–Trinajstić information content (AvgIpc) is 2.92. The summed E-state index contributed by atoms with van der Waals surface area (Å²) in [6, 6.07) is 5.83. The van der Waals surface area contributed by atoms with Crippen molar-refractivity contribution in [3.8, 4) is 11.8 Å². The molecule has 112 valence electrons. The van der Waals surface area contributed by atoms with Crippen LogP contribution >= 0.6 is 0 Å². The van der Waals surface area contributed by atoms with Crippen molar-refractivity contribution in [1.29, 1.82) is 0 Å². The smallest absolute Gasteiger partial charge is 0.229 e. The number of carbonyl (C=O) groups excluding carboxylic acids is 1. The summed E-state index contributed by atoms with van der Waals surface area (Å²) < 4.78 is 5.45. The van der Waals surface area contributed by atoms with E-state index in [0.29, 0.717) is 13.2 Å². The molecule has 0 radical (unpaired) electrons. The van der Waals surface area contributed by atoms with Crippen LogP contribution in [0.1, 0.15) is 31.4 Å². The van der Waals surface area contributed by atoms with Crippen molar-refractivity contribution in [2.75, 3.05) is 18.5 Å². The largest absolute Gasteiger partial charge is 0.378 e. The first-order valence-electron chi connectivity index (χ1n) is 7.38. The van der Waals surface area contributed by atoms with Gasteiger partial charge in [0.2, 0.25) is 5.91 Å². The summed E-state index contributed by atoms with van der Waals surface area (Å²) in [5, 5.41) is 3.02. The Morgan fingerprint density at radius 1 is 1.52 bits per heavy atom. The summed E-state index contributed by atoms with van der Waals surface area (Å²) in [7, 11) is 0. The van der Waals surface area contributed by atoms with Crippen molar-refractivity contribution in [1.82, 2.24) is 0 Å². The topological polar surface area (TPSA) is 64.3 Å². The molecule has 1 aromatic carbocycles. The molecule has 0 aliphatic carbocycles. The first-order valence-corrected chi connectivity index (χ1v) is 7.38. The van der Waals surface area contributed by atoms with E-state index in [4.69, 9.17) is 10.5 Å². The summed E-state index contributed by atoms with van der Waals surface area (Å²) in [6.07, 6.45) is 1.79. The molecule has 1 heterocycles. The summed E-state index contributed by atoms with van der Waals surface area (Å²) >= 11 is 0. The molecule has 2 rings (SSSR count). The highest BCUT2D eigenvalue weighted by atomic mass is 16.5. The molecule has 1 aliphatic rings. The van der Waals surface area contributed by atoms with E-state index in [1.165, 1.54) is 0 Å². The fourth-order valence-electron chi connectivity index (χ4n) is 2.47. The molecule has 0 aromatic heterocycles. The lowest BCUT2D eigenvalue weighted by Crippen LogP contribution is -2.23. The number of hydrogen-bond acceptors (Lipinski definition) is 3. The van der Waals surface area contributed by atoms with E-state index in [9.17, 15) is 4.79 Å². The van der Waals surface area contributed by atoms with Gasteiger partial charge < -0.3 is 15.8 Å². The summed E-state index contributed by atoms with van der Waals surface area (Å²) in [5.74, 6) is 5.84. The number of anilines is 1. The van der Waals surface area contributed by atoms with E-state index in [0.717, 1.165) is 29.7 Å². The highest BCUT2D eigenvalue weighted by Crippen LogP contribution is 2.23. The zero-order valence-corrected chi connectivity index (χ0v) is 12.6. The van der Waals surface area contributed by atoms with E-state index >= 15 is 0 Å². The van der Waals surface area contributed by atoms with Gasteiger partial charge in [-0.25, -0.2) is 0 Å². The predicted molar refractivity (Wildman–Crippen MR) is 83.9 cm³/mol. The van der Waals surface area contributed by atoms with Crippen molar-refractivity contribution in [2.45, 2.75) is 32.8 Å². The third-order valence-corrected chi connectivity index (χ3v) is 3.65. The zero-order valence-electron chi connectivity index (χ0n) is 12.6. The van der Waals surface area contributed by atoms with Gasteiger partial charge in [0.25, 0.3) is 0 Å². The molecule has 2 unspecified atom stereocenters. The number of nitrogens with one attached hydrogen (secondary N) is 1. The van der Waals surface area contributed by atoms with Gasteiger partial charge in [-0.05, 0) is 43.5 Å². The molecule has 1 amide bonds. The molecule has 21 heavy (non-hydrogen) atoms. The van der Waals surface area contributed by atoms with Crippen molar-refractivity contribution >= 4 is 11.6 Å². The van der Waals surface area contributed by atoms with Gasteiger partial charge in [0.1, 0.15) is 0 Å². The fourth-order valence-corrected chi connectivity index (χ4v) is 2.47. The van der Waals surface area contributed by atoms with Gasteiger partial charge in [0, 0.05) is 11.3 Å². The Morgan fingerprint density at radius 2 is 2.33 bits per heavy atom.